The number of benzene rings is 1. The zero-order valence-electron chi connectivity index (χ0n) is 12.3. The Morgan fingerprint density at radius 2 is 2.24 bits per heavy atom. The minimum absolute atomic E-state index is 0.0527. The van der Waals surface area contributed by atoms with Gasteiger partial charge in [0.15, 0.2) is 0 Å². The molecule has 1 aliphatic carbocycles. The Labute approximate surface area is 128 Å². The molecule has 2 aromatic rings. The Balaban J connectivity index is 1.69. The number of nitrogens with zero attached hydrogens (tertiary/aromatic N) is 1. The highest BCUT2D eigenvalue weighted by atomic mass is 32.2. The summed E-state index contributed by atoms with van der Waals surface area (Å²) in [5.74, 6) is 0.727. The molecule has 0 saturated heterocycles. The molecule has 0 aliphatic heterocycles. The van der Waals surface area contributed by atoms with Gasteiger partial charge in [-0.1, -0.05) is 18.6 Å². The maximum absolute atomic E-state index is 12.0. The van der Waals surface area contributed by atoms with Crippen LogP contribution in [0.25, 0.3) is 10.9 Å². The number of thioether (sulfide) groups is 1. The van der Waals surface area contributed by atoms with Crippen LogP contribution in [0.5, 0.6) is 0 Å². The maximum atomic E-state index is 12.0. The number of rotatable bonds is 4. The van der Waals surface area contributed by atoms with Crippen LogP contribution in [0.3, 0.4) is 0 Å². The number of para-hydroxylation sites is 1. The Morgan fingerprint density at radius 1 is 1.38 bits per heavy atom. The van der Waals surface area contributed by atoms with Gasteiger partial charge in [-0.15, -0.1) is 0 Å². The van der Waals surface area contributed by atoms with Crippen molar-refractivity contribution in [2.75, 3.05) is 6.26 Å². The van der Waals surface area contributed by atoms with Crippen molar-refractivity contribution in [2.24, 2.45) is 0 Å². The molecule has 5 heteroatoms. The Hall–Kier alpha value is -1.33. The number of hydrogen-bond acceptors (Lipinski definition) is 4. The average molecular weight is 303 g/mol. The van der Waals surface area contributed by atoms with E-state index in [9.17, 15) is 4.79 Å². The van der Waals surface area contributed by atoms with Crippen molar-refractivity contribution in [3.63, 3.8) is 0 Å². The number of aromatic nitrogens is 2. The molecule has 0 amide bonds. The minimum atomic E-state index is -0.0527. The first-order valence-electron chi connectivity index (χ1n) is 7.50. The summed E-state index contributed by atoms with van der Waals surface area (Å²) >= 11 is 1.96. The van der Waals surface area contributed by atoms with Crippen LogP contribution < -0.4 is 10.9 Å². The Bertz CT molecular complexity index is 670. The number of hydrogen-bond donors (Lipinski definition) is 2. The summed E-state index contributed by atoms with van der Waals surface area (Å²) in [5.41, 5.74) is 0.715. The van der Waals surface area contributed by atoms with Gasteiger partial charge in [-0.3, -0.25) is 4.79 Å². The molecule has 4 nitrogen and oxygen atoms in total. The van der Waals surface area contributed by atoms with Crippen molar-refractivity contribution in [3.05, 3.63) is 40.4 Å². The van der Waals surface area contributed by atoms with E-state index in [1.165, 1.54) is 25.7 Å². The number of aromatic amines is 1. The summed E-state index contributed by atoms with van der Waals surface area (Å²) in [5, 5.41) is 4.97. The smallest absolute Gasteiger partial charge is 0.258 e. The van der Waals surface area contributed by atoms with Crippen molar-refractivity contribution < 1.29 is 0 Å². The lowest BCUT2D eigenvalue weighted by Gasteiger charge is -2.28. The molecule has 2 N–H and O–H groups in total. The fourth-order valence-electron chi connectivity index (χ4n) is 3.00. The van der Waals surface area contributed by atoms with Gasteiger partial charge in [0.2, 0.25) is 0 Å². The largest absolute Gasteiger partial charge is 0.309 e. The molecule has 1 aliphatic rings. The molecular weight excluding hydrogens is 282 g/mol. The molecule has 0 radical (unpaired) electrons. The highest BCUT2D eigenvalue weighted by Gasteiger charge is 2.20. The topological polar surface area (TPSA) is 57.8 Å². The standard InChI is InChI=1S/C16H21N3OS/c1-21-12-6-4-5-11(9-12)17-10-15-18-14-8-3-2-7-13(14)16(20)19-15/h2-3,7-8,11-12,17H,4-6,9-10H2,1H3,(H,18,19,20). The van der Waals surface area contributed by atoms with Gasteiger partial charge in [0.05, 0.1) is 17.4 Å². The maximum Gasteiger partial charge on any atom is 0.258 e. The summed E-state index contributed by atoms with van der Waals surface area (Å²) in [6.07, 6.45) is 7.22. The number of fused-ring (bicyclic) bond motifs is 1. The molecule has 21 heavy (non-hydrogen) atoms. The molecule has 1 saturated carbocycles. The molecule has 2 unspecified atom stereocenters. The highest BCUT2D eigenvalue weighted by Crippen LogP contribution is 2.26. The monoisotopic (exact) mass is 303 g/mol. The number of nitrogens with one attached hydrogen (secondary N) is 2. The molecular formula is C16H21N3OS. The molecule has 3 rings (SSSR count). The van der Waals surface area contributed by atoms with E-state index in [1.54, 1.807) is 0 Å². The molecule has 0 bridgehead atoms. The molecule has 0 spiro atoms. The van der Waals surface area contributed by atoms with Crippen LogP contribution in [0.15, 0.2) is 29.1 Å². The zero-order valence-corrected chi connectivity index (χ0v) is 13.1. The SMILES string of the molecule is CSC1CCCC(NCc2nc3ccccc3c(=O)[nH]2)C1. The van der Waals surface area contributed by atoms with Crippen LogP contribution >= 0.6 is 11.8 Å². The van der Waals surface area contributed by atoms with Crippen molar-refractivity contribution in [2.45, 2.75) is 43.5 Å². The quantitative estimate of drug-likeness (QED) is 0.912. The summed E-state index contributed by atoms with van der Waals surface area (Å²) in [7, 11) is 0. The van der Waals surface area contributed by atoms with Gasteiger partial charge in [-0.25, -0.2) is 4.98 Å². The molecule has 2 atom stereocenters. The Morgan fingerprint density at radius 3 is 3.10 bits per heavy atom. The second-order valence-electron chi connectivity index (χ2n) is 5.63. The highest BCUT2D eigenvalue weighted by molar-refractivity contribution is 7.99. The van der Waals surface area contributed by atoms with E-state index in [0.29, 0.717) is 18.0 Å². The third kappa shape index (κ3) is 3.47. The van der Waals surface area contributed by atoms with Crippen molar-refractivity contribution >= 4 is 22.7 Å². The van der Waals surface area contributed by atoms with Gasteiger partial charge in [0.1, 0.15) is 5.82 Å². The second kappa shape index (κ2) is 6.62. The van der Waals surface area contributed by atoms with E-state index in [4.69, 9.17) is 0 Å². The van der Waals surface area contributed by atoms with E-state index in [1.807, 2.05) is 36.0 Å². The normalized spacial score (nSPS) is 22.5. The van der Waals surface area contributed by atoms with E-state index < -0.39 is 0 Å². The number of H-pyrrole nitrogens is 1. The lowest BCUT2D eigenvalue weighted by Crippen LogP contribution is -2.35. The van der Waals surface area contributed by atoms with Crippen LogP contribution in [0.4, 0.5) is 0 Å². The van der Waals surface area contributed by atoms with Gasteiger partial charge < -0.3 is 10.3 Å². The summed E-state index contributed by atoms with van der Waals surface area (Å²) < 4.78 is 0. The van der Waals surface area contributed by atoms with Crippen LogP contribution in [-0.2, 0) is 6.54 Å². The second-order valence-corrected chi connectivity index (χ2v) is 6.77. The predicted octanol–water partition coefficient (Wildman–Crippen LogP) is 2.69. The third-order valence-corrected chi connectivity index (χ3v) is 5.27. The van der Waals surface area contributed by atoms with Crippen LogP contribution in [0, 0.1) is 0 Å². The van der Waals surface area contributed by atoms with Gasteiger partial charge in [-0.2, -0.15) is 11.8 Å². The molecule has 1 fully saturated rings. The van der Waals surface area contributed by atoms with Gasteiger partial charge in [0, 0.05) is 11.3 Å². The van der Waals surface area contributed by atoms with Crippen molar-refractivity contribution in [1.29, 1.82) is 0 Å². The van der Waals surface area contributed by atoms with Crippen LogP contribution in [0.2, 0.25) is 0 Å². The van der Waals surface area contributed by atoms with E-state index in [0.717, 1.165) is 16.6 Å². The first kappa shape index (κ1) is 14.6. The molecule has 112 valence electrons. The van der Waals surface area contributed by atoms with Crippen LogP contribution in [0.1, 0.15) is 31.5 Å². The van der Waals surface area contributed by atoms with E-state index >= 15 is 0 Å². The summed E-state index contributed by atoms with van der Waals surface area (Å²) in [6, 6.07) is 8.01. The van der Waals surface area contributed by atoms with Gasteiger partial charge in [0.25, 0.3) is 5.56 Å². The summed E-state index contributed by atoms with van der Waals surface area (Å²) in [4.78, 5) is 19.4. The summed E-state index contributed by atoms with van der Waals surface area (Å²) in [6.45, 7) is 0.631. The Kier molecular flexibility index (Phi) is 4.60. The van der Waals surface area contributed by atoms with E-state index in [-0.39, 0.29) is 5.56 Å². The fourth-order valence-corrected chi connectivity index (χ4v) is 3.83. The predicted molar refractivity (Wildman–Crippen MR) is 88.8 cm³/mol. The lowest BCUT2D eigenvalue weighted by molar-refractivity contribution is 0.376. The average Bonchev–Trinajstić information content (AvgIpc) is 2.53. The lowest BCUT2D eigenvalue weighted by atomic mass is 9.95. The third-order valence-electron chi connectivity index (χ3n) is 4.18. The van der Waals surface area contributed by atoms with Crippen molar-refractivity contribution in [3.8, 4) is 0 Å². The first-order chi connectivity index (χ1) is 10.3. The first-order valence-corrected chi connectivity index (χ1v) is 8.79. The zero-order chi connectivity index (χ0) is 14.7. The van der Waals surface area contributed by atoms with Crippen molar-refractivity contribution in [1.82, 2.24) is 15.3 Å². The molecule has 1 aromatic heterocycles. The van der Waals surface area contributed by atoms with E-state index in [2.05, 4.69) is 21.5 Å². The van der Waals surface area contributed by atoms with Gasteiger partial charge >= 0.3 is 0 Å². The van der Waals surface area contributed by atoms with Gasteiger partial charge in [-0.05, 0) is 37.7 Å². The minimum Gasteiger partial charge on any atom is -0.309 e. The molecule has 1 aromatic carbocycles. The fraction of sp³-hybridized carbons (Fsp3) is 0.500. The van der Waals surface area contributed by atoms with Crippen LogP contribution in [-0.4, -0.2) is 27.5 Å². The molecule has 1 heterocycles.